The number of hydrogen-bond donors (Lipinski definition) is 1. The summed E-state index contributed by atoms with van der Waals surface area (Å²) in [6.07, 6.45) is 0.833. The zero-order valence-electron chi connectivity index (χ0n) is 9.24. The molecule has 2 N–H and O–H groups in total. The molecule has 1 atom stereocenters. The average molecular weight is 228 g/mol. The van der Waals surface area contributed by atoms with Gasteiger partial charge in [-0.05, 0) is 20.3 Å². The Bertz CT molecular complexity index is 364. The van der Waals surface area contributed by atoms with Crippen LogP contribution in [-0.4, -0.2) is 17.4 Å². The molecule has 15 heavy (non-hydrogen) atoms. The number of nitrogens with two attached hydrogens (primary N) is 1. The van der Waals surface area contributed by atoms with Crippen LogP contribution in [0.5, 0.6) is 0 Å². The van der Waals surface area contributed by atoms with E-state index in [4.69, 9.17) is 15.2 Å². The van der Waals surface area contributed by atoms with Crippen molar-refractivity contribution in [2.75, 3.05) is 12.3 Å². The minimum atomic E-state index is -0.533. The highest BCUT2D eigenvalue weighted by Gasteiger charge is 2.46. The van der Waals surface area contributed by atoms with E-state index in [0.717, 1.165) is 12.1 Å². The number of thiazole rings is 1. The summed E-state index contributed by atoms with van der Waals surface area (Å²) in [5.41, 5.74) is 6.11. The van der Waals surface area contributed by atoms with Gasteiger partial charge in [-0.2, -0.15) is 0 Å². The lowest BCUT2D eigenvalue weighted by atomic mass is 9.99. The van der Waals surface area contributed by atoms with Crippen molar-refractivity contribution in [3.05, 3.63) is 11.1 Å². The van der Waals surface area contributed by atoms with E-state index in [1.165, 1.54) is 11.3 Å². The summed E-state index contributed by atoms with van der Waals surface area (Å²) in [7, 11) is 0. The van der Waals surface area contributed by atoms with Gasteiger partial charge in [0, 0.05) is 5.38 Å². The lowest BCUT2D eigenvalue weighted by Crippen LogP contribution is -2.31. The number of rotatable bonds is 2. The van der Waals surface area contributed by atoms with Crippen molar-refractivity contribution in [1.29, 1.82) is 0 Å². The number of hydrogen-bond acceptors (Lipinski definition) is 5. The second kappa shape index (κ2) is 3.43. The number of anilines is 1. The second-order valence-electron chi connectivity index (χ2n) is 4.21. The highest BCUT2D eigenvalue weighted by atomic mass is 32.1. The van der Waals surface area contributed by atoms with Crippen molar-refractivity contribution in [1.82, 2.24) is 4.98 Å². The Morgan fingerprint density at radius 1 is 1.60 bits per heavy atom. The van der Waals surface area contributed by atoms with Gasteiger partial charge in [-0.1, -0.05) is 6.92 Å². The molecule has 0 amide bonds. The average Bonchev–Trinajstić information content (AvgIpc) is 2.71. The maximum atomic E-state index is 5.95. The Morgan fingerprint density at radius 3 is 2.73 bits per heavy atom. The van der Waals surface area contributed by atoms with Crippen molar-refractivity contribution in [3.63, 3.8) is 0 Å². The van der Waals surface area contributed by atoms with Crippen LogP contribution in [-0.2, 0) is 15.1 Å². The van der Waals surface area contributed by atoms with Gasteiger partial charge in [-0.15, -0.1) is 11.3 Å². The van der Waals surface area contributed by atoms with Gasteiger partial charge in [0.2, 0.25) is 0 Å². The van der Waals surface area contributed by atoms with E-state index in [0.29, 0.717) is 11.7 Å². The summed E-state index contributed by atoms with van der Waals surface area (Å²) in [5, 5.41) is 2.52. The summed E-state index contributed by atoms with van der Waals surface area (Å²) in [6.45, 7) is 6.44. The van der Waals surface area contributed by atoms with Crippen LogP contribution in [0.4, 0.5) is 5.13 Å². The van der Waals surface area contributed by atoms with Gasteiger partial charge in [0.05, 0.1) is 12.3 Å². The Balaban J connectivity index is 2.31. The summed E-state index contributed by atoms with van der Waals surface area (Å²) in [5.74, 6) is -0.533. The van der Waals surface area contributed by atoms with E-state index in [2.05, 4.69) is 11.9 Å². The van der Waals surface area contributed by atoms with Crippen molar-refractivity contribution >= 4 is 16.5 Å². The molecule has 0 bridgehead atoms. The lowest BCUT2D eigenvalue weighted by molar-refractivity contribution is -0.165. The summed E-state index contributed by atoms with van der Waals surface area (Å²) in [6, 6.07) is 0. The number of nitrogen functional groups attached to an aromatic ring is 1. The first-order valence-corrected chi connectivity index (χ1v) is 5.91. The predicted molar refractivity (Wildman–Crippen MR) is 59.6 cm³/mol. The van der Waals surface area contributed by atoms with Crippen LogP contribution in [0.2, 0.25) is 0 Å². The van der Waals surface area contributed by atoms with Gasteiger partial charge < -0.3 is 15.2 Å². The smallest absolute Gasteiger partial charge is 0.180 e. The molecule has 0 saturated carbocycles. The largest absolute Gasteiger partial charge is 0.375 e. The minimum Gasteiger partial charge on any atom is -0.375 e. The van der Waals surface area contributed by atoms with Gasteiger partial charge in [0.1, 0.15) is 5.60 Å². The van der Waals surface area contributed by atoms with E-state index in [1.807, 2.05) is 19.2 Å². The highest BCUT2D eigenvalue weighted by molar-refractivity contribution is 7.13. The van der Waals surface area contributed by atoms with Crippen LogP contribution >= 0.6 is 11.3 Å². The molecule has 1 unspecified atom stereocenters. The number of nitrogens with zero attached hydrogens (tertiary/aromatic N) is 1. The monoisotopic (exact) mass is 228 g/mol. The fraction of sp³-hybridized carbons (Fsp3) is 0.700. The third-order valence-corrected chi connectivity index (χ3v) is 3.33. The summed E-state index contributed by atoms with van der Waals surface area (Å²) in [4.78, 5) is 4.29. The zero-order valence-corrected chi connectivity index (χ0v) is 10.1. The maximum absolute atomic E-state index is 5.95. The summed E-state index contributed by atoms with van der Waals surface area (Å²) < 4.78 is 11.6. The quantitative estimate of drug-likeness (QED) is 0.842. The van der Waals surface area contributed by atoms with E-state index in [1.54, 1.807) is 0 Å². The molecule has 1 fully saturated rings. The molecule has 1 aliphatic heterocycles. The topological polar surface area (TPSA) is 57.4 Å². The molecule has 0 aliphatic carbocycles. The van der Waals surface area contributed by atoms with E-state index in [-0.39, 0.29) is 0 Å². The Kier molecular flexibility index (Phi) is 2.48. The standard InChI is InChI=1S/C10H16N2O2S/c1-4-10(6-13-9(2,3)14-10)7-5-15-8(11)12-7/h5H,4,6H2,1-3H3,(H2,11,12). The molecule has 0 spiro atoms. The lowest BCUT2D eigenvalue weighted by Gasteiger charge is -2.26. The first-order chi connectivity index (χ1) is 6.97. The van der Waals surface area contributed by atoms with Crippen molar-refractivity contribution in [2.45, 2.75) is 38.6 Å². The SMILES string of the molecule is CCC1(c2csc(N)n2)COC(C)(C)O1. The van der Waals surface area contributed by atoms with Crippen LogP contribution in [0.25, 0.3) is 0 Å². The Labute approximate surface area is 93.4 Å². The molecule has 84 valence electrons. The second-order valence-corrected chi connectivity index (χ2v) is 5.10. The van der Waals surface area contributed by atoms with Gasteiger partial charge in [0.15, 0.2) is 10.9 Å². The molecule has 1 aliphatic rings. The van der Waals surface area contributed by atoms with Crippen molar-refractivity contribution in [3.8, 4) is 0 Å². The fourth-order valence-corrected chi connectivity index (χ4v) is 2.45. The van der Waals surface area contributed by atoms with Gasteiger partial charge in [0.25, 0.3) is 0 Å². The number of aromatic nitrogens is 1. The molecule has 1 aromatic rings. The highest BCUT2D eigenvalue weighted by Crippen LogP contribution is 2.41. The first kappa shape index (κ1) is 10.9. The van der Waals surface area contributed by atoms with Gasteiger partial charge in [-0.3, -0.25) is 0 Å². The molecular formula is C10H16N2O2S. The van der Waals surface area contributed by atoms with E-state index < -0.39 is 11.4 Å². The molecule has 1 aromatic heterocycles. The Hall–Kier alpha value is -0.650. The molecule has 5 heteroatoms. The number of ether oxygens (including phenoxy) is 2. The third kappa shape index (κ3) is 1.87. The molecule has 2 rings (SSSR count). The molecule has 0 aromatic carbocycles. The van der Waals surface area contributed by atoms with Crippen LogP contribution in [0.1, 0.15) is 32.9 Å². The zero-order chi connectivity index (χ0) is 11.1. The Morgan fingerprint density at radius 2 is 2.33 bits per heavy atom. The van der Waals surface area contributed by atoms with Crippen LogP contribution < -0.4 is 5.73 Å². The minimum absolute atomic E-state index is 0.419. The van der Waals surface area contributed by atoms with Gasteiger partial charge in [-0.25, -0.2) is 4.98 Å². The van der Waals surface area contributed by atoms with Crippen LogP contribution in [0, 0.1) is 0 Å². The molecule has 1 saturated heterocycles. The third-order valence-electron chi connectivity index (χ3n) is 2.65. The van der Waals surface area contributed by atoms with Crippen LogP contribution in [0.15, 0.2) is 5.38 Å². The molecule has 0 radical (unpaired) electrons. The van der Waals surface area contributed by atoms with Gasteiger partial charge >= 0.3 is 0 Å². The van der Waals surface area contributed by atoms with Crippen molar-refractivity contribution in [2.24, 2.45) is 0 Å². The molecule has 4 nitrogen and oxygen atoms in total. The fourth-order valence-electron chi connectivity index (χ4n) is 1.80. The van der Waals surface area contributed by atoms with Crippen molar-refractivity contribution < 1.29 is 9.47 Å². The molecule has 2 heterocycles. The van der Waals surface area contributed by atoms with Crippen LogP contribution in [0.3, 0.4) is 0 Å². The van der Waals surface area contributed by atoms with E-state index >= 15 is 0 Å². The normalized spacial score (nSPS) is 29.5. The summed E-state index contributed by atoms with van der Waals surface area (Å²) >= 11 is 1.44. The maximum Gasteiger partial charge on any atom is 0.180 e. The predicted octanol–water partition coefficient (Wildman–Crippen LogP) is 2.11. The first-order valence-electron chi connectivity index (χ1n) is 5.03. The van der Waals surface area contributed by atoms with E-state index in [9.17, 15) is 0 Å². The molecular weight excluding hydrogens is 212 g/mol.